The monoisotopic (exact) mass is 393 g/mol. The minimum absolute atomic E-state index is 0.232. The van der Waals surface area contributed by atoms with Crippen LogP contribution >= 0.6 is 11.3 Å². The summed E-state index contributed by atoms with van der Waals surface area (Å²) in [5, 5.41) is 0.771. The first kappa shape index (κ1) is 19.5. The van der Waals surface area contributed by atoms with Gasteiger partial charge in [-0.05, 0) is 58.3 Å². The van der Waals surface area contributed by atoms with Gasteiger partial charge in [0.15, 0.2) is 4.21 Å². The van der Waals surface area contributed by atoms with Gasteiger partial charge in [-0.25, -0.2) is 18.1 Å². The van der Waals surface area contributed by atoms with Crippen molar-refractivity contribution < 1.29 is 8.42 Å². The summed E-state index contributed by atoms with van der Waals surface area (Å²) in [6.07, 6.45) is 4.54. The summed E-state index contributed by atoms with van der Waals surface area (Å²) in [6.45, 7) is 6.72. The van der Waals surface area contributed by atoms with Crippen LogP contribution in [0.15, 0.2) is 34.5 Å². The molecule has 0 bridgehead atoms. The van der Waals surface area contributed by atoms with Crippen LogP contribution in [0.2, 0.25) is 0 Å². The van der Waals surface area contributed by atoms with Gasteiger partial charge in [-0.15, -0.1) is 11.3 Å². The molecule has 5 nitrogen and oxygen atoms in total. The Morgan fingerprint density at radius 3 is 2.46 bits per heavy atom. The van der Waals surface area contributed by atoms with E-state index in [0.717, 1.165) is 36.6 Å². The average molecular weight is 394 g/mol. The predicted octanol–water partition coefficient (Wildman–Crippen LogP) is 3.66. The zero-order chi connectivity index (χ0) is 18.6. The van der Waals surface area contributed by atoms with Crippen molar-refractivity contribution in [2.45, 2.75) is 49.8 Å². The molecule has 2 heterocycles. The number of nitrogens with zero attached hydrogens (tertiary/aromatic N) is 2. The number of rotatable bonds is 7. The third-order valence-electron chi connectivity index (χ3n) is 4.79. The van der Waals surface area contributed by atoms with Gasteiger partial charge < -0.3 is 4.90 Å². The number of hydrogen-bond acceptors (Lipinski definition) is 5. The quantitative estimate of drug-likeness (QED) is 0.780. The normalized spacial score (nSPS) is 17.3. The molecule has 3 rings (SSSR count). The maximum atomic E-state index is 12.9. The van der Waals surface area contributed by atoms with Crippen molar-refractivity contribution in [3.05, 3.63) is 46.6 Å². The lowest BCUT2D eigenvalue weighted by molar-refractivity contribution is 0.219. The Hall–Kier alpha value is -1.28. The number of aryl methyl sites for hydroxylation is 2. The smallest absolute Gasteiger partial charge is 0.252 e. The van der Waals surface area contributed by atoms with Gasteiger partial charge in [0.05, 0.1) is 10.7 Å². The number of likely N-dealkylation sites (tertiary alicyclic amines) is 1. The molecular formula is C19H27N3O2S2. The van der Waals surface area contributed by atoms with E-state index in [9.17, 15) is 8.42 Å². The second kappa shape index (κ2) is 8.61. The number of thiazole rings is 1. The van der Waals surface area contributed by atoms with Gasteiger partial charge in [-0.3, -0.25) is 0 Å². The maximum Gasteiger partial charge on any atom is 0.252 e. The van der Waals surface area contributed by atoms with E-state index in [0.29, 0.717) is 9.90 Å². The van der Waals surface area contributed by atoms with Gasteiger partial charge in [-0.1, -0.05) is 36.8 Å². The zero-order valence-electron chi connectivity index (χ0n) is 15.4. The Kier molecular flexibility index (Phi) is 6.45. The van der Waals surface area contributed by atoms with Crippen molar-refractivity contribution in [3.8, 4) is 0 Å². The van der Waals surface area contributed by atoms with E-state index in [2.05, 4.69) is 14.6 Å². The second-order valence-corrected chi connectivity index (χ2v) is 9.99. The number of piperidine rings is 1. The molecule has 1 saturated heterocycles. The van der Waals surface area contributed by atoms with E-state index in [1.807, 2.05) is 37.3 Å². The molecule has 0 spiro atoms. The molecule has 26 heavy (non-hydrogen) atoms. The van der Waals surface area contributed by atoms with E-state index >= 15 is 0 Å². The third kappa shape index (κ3) is 4.91. The highest BCUT2D eigenvalue weighted by atomic mass is 32.2. The van der Waals surface area contributed by atoms with Gasteiger partial charge in [0, 0.05) is 6.04 Å². The molecule has 1 aromatic heterocycles. The summed E-state index contributed by atoms with van der Waals surface area (Å²) in [5.74, 6) is 0. The van der Waals surface area contributed by atoms with Crippen LogP contribution in [-0.4, -0.2) is 37.9 Å². The van der Waals surface area contributed by atoms with Crippen LogP contribution in [-0.2, 0) is 10.0 Å². The molecule has 0 aliphatic carbocycles. The SMILES string of the molecule is Cc1nc(C)c(S(=O)(=O)N[C@H](CCN2CCCCC2)c2ccccc2)s1. The third-order valence-corrected chi connectivity index (χ3v) is 7.94. The van der Waals surface area contributed by atoms with E-state index in [1.54, 1.807) is 6.92 Å². The molecule has 1 fully saturated rings. The summed E-state index contributed by atoms with van der Waals surface area (Å²) in [4.78, 5) is 6.71. The molecule has 7 heteroatoms. The van der Waals surface area contributed by atoms with Gasteiger partial charge in [0.2, 0.25) is 0 Å². The van der Waals surface area contributed by atoms with E-state index in [1.165, 1.54) is 30.6 Å². The van der Waals surface area contributed by atoms with Gasteiger partial charge in [-0.2, -0.15) is 0 Å². The molecule has 142 valence electrons. The van der Waals surface area contributed by atoms with Gasteiger partial charge >= 0.3 is 0 Å². The highest BCUT2D eigenvalue weighted by molar-refractivity contribution is 7.91. The number of hydrogen-bond donors (Lipinski definition) is 1. The van der Waals surface area contributed by atoms with Gasteiger partial charge in [0.1, 0.15) is 0 Å². The number of nitrogens with one attached hydrogen (secondary N) is 1. The Bertz CT molecular complexity index is 813. The van der Waals surface area contributed by atoms with Crippen LogP contribution in [0.1, 0.15) is 48.0 Å². The Balaban J connectivity index is 1.77. The van der Waals surface area contributed by atoms with Crippen molar-refractivity contribution in [2.24, 2.45) is 0 Å². The van der Waals surface area contributed by atoms with E-state index < -0.39 is 10.0 Å². The Labute approximate surface area is 160 Å². The number of aromatic nitrogens is 1. The van der Waals surface area contributed by atoms with Crippen LogP contribution in [0.25, 0.3) is 0 Å². The molecule has 0 amide bonds. The van der Waals surface area contributed by atoms with E-state index in [-0.39, 0.29) is 6.04 Å². The molecule has 0 radical (unpaired) electrons. The second-order valence-electron chi connectivity index (χ2n) is 6.88. The lowest BCUT2D eigenvalue weighted by atomic mass is 10.0. The lowest BCUT2D eigenvalue weighted by Gasteiger charge is -2.28. The molecule has 1 N–H and O–H groups in total. The summed E-state index contributed by atoms with van der Waals surface area (Å²) in [6, 6.07) is 9.63. The van der Waals surface area contributed by atoms with E-state index in [4.69, 9.17) is 0 Å². The summed E-state index contributed by atoms with van der Waals surface area (Å²) in [7, 11) is -3.58. The van der Waals surface area contributed by atoms with Crippen molar-refractivity contribution >= 4 is 21.4 Å². The highest BCUT2D eigenvalue weighted by Gasteiger charge is 2.26. The lowest BCUT2D eigenvalue weighted by Crippen LogP contribution is -2.35. The van der Waals surface area contributed by atoms with Crippen LogP contribution in [0, 0.1) is 13.8 Å². The van der Waals surface area contributed by atoms with Gasteiger partial charge in [0.25, 0.3) is 10.0 Å². The molecule has 2 aromatic rings. The fourth-order valence-electron chi connectivity index (χ4n) is 3.48. The van der Waals surface area contributed by atoms with Crippen LogP contribution in [0.5, 0.6) is 0 Å². The van der Waals surface area contributed by atoms with Crippen molar-refractivity contribution in [1.82, 2.24) is 14.6 Å². The molecule has 1 aliphatic heterocycles. The molecule has 1 aromatic carbocycles. The fourth-order valence-corrected chi connectivity index (χ4v) is 6.24. The maximum absolute atomic E-state index is 12.9. The molecule has 1 aliphatic rings. The minimum atomic E-state index is -3.58. The summed E-state index contributed by atoms with van der Waals surface area (Å²) >= 11 is 1.23. The molecular weight excluding hydrogens is 366 g/mol. The van der Waals surface area contributed by atoms with Crippen molar-refractivity contribution in [2.75, 3.05) is 19.6 Å². The van der Waals surface area contributed by atoms with Crippen LogP contribution < -0.4 is 4.72 Å². The summed E-state index contributed by atoms with van der Waals surface area (Å²) in [5.41, 5.74) is 1.58. The Morgan fingerprint density at radius 2 is 1.85 bits per heavy atom. The first-order valence-electron chi connectivity index (χ1n) is 9.19. The van der Waals surface area contributed by atoms with Crippen molar-refractivity contribution in [1.29, 1.82) is 0 Å². The largest absolute Gasteiger partial charge is 0.303 e. The first-order chi connectivity index (χ1) is 12.5. The average Bonchev–Trinajstić information content (AvgIpc) is 2.99. The fraction of sp³-hybridized carbons (Fsp3) is 0.526. The minimum Gasteiger partial charge on any atom is -0.303 e. The molecule has 0 unspecified atom stereocenters. The first-order valence-corrected chi connectivity index (χ1v) is 11.5. The van der Waals surface area contributed by atoms with Crippen LogP contribution in [0.3, 0.4) is 0 Å². The standard InChI is InChI=1S/C19H27N3O2S2/c1-15-19(25-16(2)20-15)26(23,24)21-18(17-9-5-3-6-10-17)11-14-22-12-7-4-8-13-22/h3,5-6,9-10,18,21H,4,7-8,11-14H2,1-2H3/t18-/m1/s1. The topological polar surface area (TPSA) is 62.3 Å². The van der Waals surface area contributed by atoms with Crippen LogP contribution in [0.4, 0.5) is 0 Å². The Morgan fingerprint density at radius 1 is 1.15 bits per heavy atom. The molecule has 1 atom stereocenters. The van der Waals surface area contributed by atoms with Crippen molar-refractivity contribution in [3.63, 3.8) is 0 Å². The number of sulfonamides is 1. The zero-order valence-corrected chi connectivity index (χ0v) is 17.1. The molecule has 0 saturated carbocycles. The summed E-state index contributed by atoms with van der Waals surface area (Å²) < 4.78 is 29.2. The predicted molar refractivity (Wildman–Crippen MR) is 106 cm³/mol. The highest BCUT2D eigenvalue weighted by Crippen LogP contribution is 2.26. The number of benzene rings is 1.